The minimum atomic E-state index is -1.15. The number of carbonyl (C=O) groups excluding carboxylic acids is 1. The van der Waals surface area contributed by atoms with Gasteiger partial charge in [-0.3, -0.25) is 4.79 Å². The van der Waals surface area contributed by atoms with Crippen molar-refractivity contribution in [2.24, 2.45) is 0 Å². The van der Waals surface area contributed by atoms with Crippen molar-refractivity contribution in [3.8, 4) is 0 Å². The molecule has 0 unspecified atom stereocenters. The fourth-order valence-electron chi connectivity index (χ4n) is 1.11. The molecular formula is C6H5N3O3. The van der Waals surface area contributed by atoms with Gasteiger partial charge in [-0.15, -0.1) is 0 Å². The van der Waals surface area contributed by atoms with E-state index in [0.717, 1.165) is 10.8 Å². The minimum absolute atomic E-state index is 0.0972. The summed E-state index contributed by atoms with van der Waals surface area (Å²) >= 11 is 0. The van der Waals surface area contributed by atoms with Crippen LogP contribution < -0.4 is 5.32 Å². The summed E-state index contributed by atoms with van der Waals surface area (Å²) in [7, 11) is 0. The molecule has 0 aliphatic carbocycles. The molecule has 1 aliphatic rings. The molecule has 1 aliphatic heterocycles. The molecule has 0 saturated heterocycles. The van der Waals surface area contributed by atoms with Gasteiger partial charge in [-0.2, -0.15) is 0 Å². The lowest BCUT2D eigenvalue weighted by Gasteiger charge is -1.94. The Bertz CT molecular complexity index is 368. The normalized spacial score (nSPS) is 14.2. The molecule has 0 spiro atoms. The molecule has 6 nitrogen and oxygen atoms in total. The molecular weight excluding hydrogens is 162 g/mol. The van der Waals surface area contributed by atoms with E-state index in [2.05, 4.69) is 10.3 Å². The molecule has 62 valence electrons. The third-order valence-electron chi connectivity index (χ3n) is 1.63. The van der Waals surface area contributed by atoms with Crippen molar-refractivity contribution in [2.45, 2.75) is 0 Å². The molecule has 2 heterocycles. The Hall–Kier alpha value is -1.85. The number of hydrogen-bond acceptors (Lipinski definition) is 4. The van der Waals surface area contributed by atoms with Crippen LogP contribution in [0.2, 0.25) is 0 Å². The van der Waals surface area contributed by atoms with E-state index in [1.165, 1.54) is 0 Å². The van der Waals surface area contributed by atoms with Gasteiger partial charge in [0.25, 0.3) is 5.91 Å². The largest absolute Gasteiger partial charge is 0.477 e. The number of hydrogen-bond donors (Lipinski definition) is 2. The van der Waals surface area contributed by atoms with E-state index in [4.69, 9.17) is 5.11 Å². The fraction of sp³-hybridized carbons (Fsp3) is 0.167. The van der Waals surface area contributed by atoms with Gasteiger partial charge in [-0.1, -0.05) is 0 Å². The fourth-order valence-corrected chi connectivity index (χ4v) is 1.11. The Kier molecular flexibility index (Phi) is 1.18. The van der Waals surface area contributed by atoms with E-state index >= 15 is 0 Å². The Balaban J connectivity index is 2.60. The summed E-state index contributed by atoms with van der Waals surface area (Å²) in [5.41, 5.74) is -0.0972. The van der Waals surface area contributed by atoms with Crippen LogP contribution in [0.3, 0.4) is 0 Å². The van der Waals surface area contributed by atoms with Gasteiger partial charge < -0.3 is 10.4 Å². The van der Waals surface area contributed by atoms with E-state index in [1.807, 2.05) is 0 Å². The summed E-state index contributed by atoms with van der Waals surface area (Å²) < 4.78 is 1.06. The second-order valence-electron chi connectivity index (χ2n) is 2.35. The number of nitrogens with zero attached hydrogens (tertiary/aromatic N) is 2. The highest BCUT2D eigenvalue weighted by Crippen LogP contribution is 2.14. The van der Waals surface area contributed by atoms with Gasteiger partial charge in [0.2, 0.25) is 5.95 Å². The molecule has 2 N–H and O–H groups in total. The first kappa shape index (κ1) is 6.84. The van der Waals surface area contributed by atoms with Crippen molar-refractivity contribution in [3.63, 3.8) is 0 Å². The topological polar surface area (TPSA) is 84.2 Å². The first-order valence-electron chi connectivity index (χ1n) is 3.28. The van der Waals surface area contributed by atoms with Gasteiger partial charge in [0, 0.05) is 0 Å². The van der Waals surface area contributed by atoms with Crippen molar-refractivity contribution in [1.29, 1.82) is 0 Å². The number of carboxylic acids is 1. The second kappa shape index (κ2) is 2.07. The SMILES string of the molecule is O=C(O)c1cnc2n1C(=O)CN2. The van der Waals surface area contributed by atoms with Crippen molar-refractivity contribution in [3.05, 3.63) is 11.9 Å². The van der Waals surface area contributed by atoms with E-state index in [-0.39, 0.29) is 18.1 Å². The van der Waals surface area contributed by atoms with Gasteiger partial charge in [0.05, 0.1) is 12.7 Å². The monoisotopic (exact) mass is 167 g/mol. The molecule has 2 rings (SSSR count). The highest BCUT2D eigenvalue weighted by molar-refractivity contribution is 5.97. The summed E-state index contributed by atoms with van der Waals surface area (Å²) in [5, 5.41) is 11.3. The van der Waals surface area contributed by atoms with Crippen LogP contribution in [0.4, 0.5) is 5.95 Å². The van der Waals surface area contributed by atoms with Gasteiger partial charge in [0.15, 0.2) is 5.69 Å². The zero-order valence-corrected chi connectivity index (χ0v) is 5.94. The standard InChI is InChI=1S/C6H5N3O3/c10-4-2-8-6-7-1-3(5(11)12)9(4)6/h1H,2H2,(H,7,8)(H,11,12). The number of rotatable bonds is 1. The van der Waals surface area contributed by atoms with Crippen LogP contribution in [0.1, 0.15) is 15.3 Å². The smallest absolute Gasteiger partial charge is 0.354 e. The number of aromatic nitrogens is 2. The number of imidazole rings is 1. The number of nitrogens with one attached hydrogen (secondary N) is 1. The second-order valence-corrected chi connectivity index (χ2v) is 2.35. The van der Waals surface area contributed by atoms with Crippen LogP contribution >= 0.6 is 0 Å². The molecule has 0 radical (unpaired) electrons. The van der Waals surface area contributed by atoms with Crippen molar-refractivity contribution in [1.82, 2.24) is 9.55 Å². The first-order valence-corrected chi connectivity index (χ1v) is 3.28. The predicted octanol–water partition coefficient (Wildman–Crippen LogP) is -0.353. The summed E-state index contributed by atoms with van der Waals surface area (Å²) in [6, 6.07) is 0. The van der Waals surface area contributed by atoms with Gasteiger partial charge in [0.1, 0.15) is 0 Å². The van der Waals surface area contributed by atoms with Crippen LogP contribution in [-0.2, 0) is 0 Å². The van der Waals surface area contributed by atoms with Crippen LogP contribution in [0.25, 0.3) is 0 Å². The van der Waals surface area contributed by atoms with Gasteiger partial charge in [-0.25, -0.2) is 14.3 Å². The maximum Gasteiger partial charge on any atom is 0.354 e. The summed E-state index contributed by atoms with van der Waals surface area (Å²) in [6.07, 6.45) is 1.15. The quantitative estimate of drug-likeness (QED) is 0.597. The Morgan fingerprint density at radius 1 is 1.75 bits per heavy atom. The molecule has 0 fully saturated rings. The molecule has 0 amide bonds. The number of fused-ring (bicyclic) bond motifs is 1. The molecule has 1 aromatic heterocycles. The third-order valence-corrected chi connectivity index (χ3v) is 1.63. The molecule has 0 aromatic carbocycles. The van der Waals surface area contributed by atoms with Gasteiger partial charge in [-0.05, 0) is 0 Å². The third kappa shape index (κ3) is 0.714. The zero-order chi connectivity index (χ0) is 8.72. The van der Waals surface area contributed by atoms with Crippen molar-refractivity contribution >= 4 is 17.8 Å². The van der Waals surface area contributed by atoms with E-state index in [1.54, 1.807) is 0 Å². The molecule has 1 aromatic rings. The predicted molar refractivity (Wildman–Crippen MR) is 38.3 cm³/mol. The average Bonchev–Trinajstić information content (AvgIpc) is 2.53. The molecule has 0 bridgehead atoms. The summed E-state index contributed by atoms with van der Waals surface area (Å²) in [5.74, 6) is -1.14. The molecule has 12 heavy (non-hydrogen) atoms. The van der Waals surface area contributed by atoms with Crippen LogP contribution in [0.5, 0.6) is 0 Å². The molecule has 0 atom stereocenters. The maximum absolute atomic E-state index is 11.0. The highest BCUT2D eigenvalue weighted by Gasteiger charge is 2.25. The Morgan fingerprint density at radius 3 is 3.17 bits per heavy atom. The Labute approximate surface area is 66.8 Å². The highest BCUT2D eigenvalue weighted by atomic mass is 16.4. The van der Waals surface area contributed by atoms with E-state index < -0.39 is 5.97 Å². The van der Waals surface area contributed by atoms with Crippen LogP contribution in [-0.4, -0.2) is 33.1 Å². The van der Waals surface area contributed by atoms with Crippen LogP contribution in [0, 0.1) is 0 Å². The number of aromatic carboxylic acids is 1. The summed E-state index contributed by atoms with van der Waals surface area (Å²) in [4.78, 5) is 25.3. The number of anilines is 1. The lowest BCUT2D eigenvalue weighted by atomic mass is 10.4. The molecule has 6 heteroatoms. The number of carbonyl (C=O) groups is 2. The average molecular weight is 167 g/mol. The molecule has 0 saturated carbocycles. The van der Waals surface area contributed by atoms with E-state index in [9.17, 15) is 9.59 Å². The first-order chi connectivity index (χ1) is 5.70. The lowest BCUT2D eigenvalue weighted by molar-refractivity contribution is 0.0676. The number of carboxylic acid groups (broad SMARTS) is 1. The van der Waals surface area contributed by atoms with Crippen molar-refractivity contribution < 1.29 is 14.7 Å². The van der Waals surface area contributed by atoms with Crippen LogP contribution in [0.15, 0.2) is 6.20 Å². The van der Waals surface area contributed by atoms with E-state index in [0.29, 0.717) is 5.95 Å². The van der Waals surface area contributed by atoms with Crippen molar-refractivity contribution in [2.75, 3.05) is 11.9 Å². The maximum atomic E-state index is 11.0. The minimum Gasteiger partial charge on any atom is -0.477 e. The summed E-state index contributed by atoms with van der Waals surface area (Å²) in [6.45, 7) is 0.115. The lowest BCUT2D eigenvalue weighted by Crippen LogP contribution is -2.14. The Morgan fingerprint density at radius 2 is 2.50 bits per heavy atom. The zero-order valence-electron chi connectivity index (χ0n) is 5.94. The van der Waals surface area contributed by atoms with Gasteiger partial charge >= 0.3 is 5.97 Å².